The average Bonchev–Trinajstić information content (AvgIpc) is 1.97. The van der Waals surface area contributed by atoms with E-state index < -0.39 is 12.8 Å². The molecule has 0 aliphatic rings. The maximum absolute atomic E-state index is 12.2. The van der Waals surface area contributed by atoms with Crippen molar-refractivity contribution in [1.29, 1.82) is 0 Å². The zero-order valence-corrected chi connectivity index (χ0v) is 7.29. The van der Waals surface area contributed by atoms with Crippen LogP contribution in [-0.4, -0.2) is 23.7 Å². The van der Waals surface area contributed by atoms with E-state index in [-0.39, 0.29) is 11.5 Å². The molecule has 0 heterocycles. The molecule has 0 amide bonds. The third-order valence-corrected chi connectivity index (χ3v) is 2.03. The lowest BCUT2D eigenvalue weighted by atomic mass is 10.2. The summed E-state index contributed by atoms with van der Waals surface area (Å²) in [6, 6.07) is 0. The van der Waals surface area contributed by atoms with Gasteiger partial charge in [0.15, 0.2) is 5.12 Å². The highest BCUT2D eigenvalue weighted by Gasteiger charge is 2.04. The number of hydrogen-bond donors (Lipinski definition) is 0. The lowest BCUT2D eigenvalue weighted by molar-refractivity contribution is -0.109. The van der Waals surface area contributed by atoms with Gasteiger partial charge in [-0.1, -0.05) is 11.8 Å². The largest absolute Gasteiger partial charge is 0.288 e. The van der Waals surface area contributed by atoms with Crippen LogP contribution in [0.5, 0.6) is 0 Å². The number of carbonyl (C=O) groups is 1. The second kappa shape index (κ2) is 6.58. The number of rotatable bonds is 5. The molecule has 0 aromatic carbocycles. The van der Waals surface area contributed by atoms with Crippen molar-refractivity contribution >= 4 is 16.9 Å². The van der Waals surface area contributed by atoms with Crippen LogP contribution >= 0.6 is 11.8 Å². The molecule has 66 valence electrons. The van der Waals surface area contributed by atoms with Gasteiger partial charge in [-0.15, -0.1) is 0 Å². The highest BCUT2D eigenvalue weighted by molar-refractivity contribution is 8.13. The maximum Gasteiger partial charge on any atom is 0.185 e. The van der Waals surface area contributed by atoms with E-state index in [1.54, 1.807) is 0 Å². The molecular weight excluding hydrogens is 170 g/mol. The van der Waals surface area contributed by atoms with Crippen molar-refractivity contribution in [2.75, 3.05) is 12.4 Å². The molecule has 1 atom stereocenters. The predicted octanol–water partition coefficient (Wildman–Crippen LogP) is 2.35. The Kier molecular flexibility index (Phi) is 6.51. The first kappa shape index (κ1) is 10.9. The van der Waals surface area contributed by atoms with E-state index in [0.29, 0.717) is 12.2 Å². The Morgan fingerprint density at radius 2 is 2.27 bits per heavy atom. The van der Waals surface area contributed by atoms with E-state index in [1.165, 1.54) is 6.92 Å². The first-order valence-electron chi connectivity index (χ1n) is 3.50. The fourth-order valence-corrected chi connectivity index (χ4v) is 1.20. The van der Waals surface area contributed by atoms with Crippen LogP contribution in [-0.2, 0) is 4.79 Å². The van der Waals surface area contributed by atoms with E-state index in [9.17, 15) is 13.6 Å². The lowest BCUT2D eigenvalue weighted by Gasteiger charge is -2.00. The summed E-state index contributed by atoms with van der Waals surface area (Å²) in [4.78, 5) is 10.4. The fourth-order valence-electron chi connectivity index (χ4n) is 0.598. The van der Waals surface area contributed by atoms with Gasteiger partial charge >= 0.3 is 0 Å². The van der Waals surface area contributed by atoms with Crippen molar-refractivity contribution in [1.82, 2.24) is 0 Å². The minimum absolute atomic E-state index is 0.0284. The van der Waals surface area contributed by atoms with Crippen molar-refractivity contribution in [2.45, 2.75) is 25.9 Å². The van der Waals surface area contributed by atoms with Gasteiger partial charge in [-0.25, -0.2) is 8.78 Å². The van der Waals surface area contributed by atoms with Gasteiger partial charge in [0, 0.05) is 12.7 Å². The summed E-state index contributed by atoms with van der Waals surface area (Å²) in [5.74, 6) is 0.593. The third-order valence-electron chi connectivity index (χ3n) is 1.13. The SMILES string of the molecule is CC(=O)SCCCC(F)CF. The van der Waals surface area contributed by atoms with E-state index >= 15 is 0 Å². The zero-order chi connectivity index (χ0) is 8.69. The summed E-state index contributed by atoms with van der Waals surface area (Å²) < 4.78 is 23.7. The summed E-state index contributed by atoms with van der Waals surface area (Å²) in [6.45, 7) is 0.553. The number of thioether (sulfide) groups is 1. The van der Waals surface area contributed by atoms with Crippen LogP contribution in [0.3, 0.4) is 0 Å². The van der Waals surface area contributed by atoms with Gasteiger partial charge in [0.05, 0.1) is 0 Å². The topological polar surface area (TPSA) is 17.1 Å². The van der Waals surface area contributed by atoms with Gasteiger partial charge in [-0.2, -0.15) is 0 Å². The Morgan fingerprint density at radius 1 is 1.64 bits per heavy atom. The van der Waals surface area contributed by atoms with Crippen LogP contribution in [0, 0.1) is 0 Å². The van der Waals surface area contributed by atoms with E-state index in [4.69, 9.17) is 0 Å². The average molecular weight is 182 g/mol. The van der Waals surface area contributed by atoms with Crippen molar-refractivity contribution < 1.29 is 13.6 Å². The van der Waals surface area contributed by atoms with Gasteiger partial charge in [0.2, 0.25) is 0 Å². The van der Waals surface area contributed by atoms with Gasteiger partial charge in [0.25, 0.3) is 0 Å². The van der Waals surface area contributed by atoms with Gasteiger partial charge in [0.1, 0.15) is 12.8 Å². The van der Waals surface area contributed by atoms with Gasteiger partial charge in [-0.3, -0.25) is 4.79 Å². The summed E-state index contributed by atoms with van der Waals surface area (Å²) in [5, 5.41) is 0.0284. The molecule has 1 nitrogen and oxygen atoms in total. The molecule has 0 spiro atoms. The quantitative estimate of drug-likeness (QED) is 0.607. The molecule has 11 heavy (non-hydrogen) atoms. The predicted molar refractivity (Wildman–Crippen MR) is 43.2 cm³/mol. The molecule has 0 saturated heterocycles. The first-order valence-corrected chi connectivity index (χ1v) is 4.48. The molecule has 0 aliphatic heterocycles. The Morgan fingerprint density at radius 3 is 2.73 bits per heavy atom. The molecule has 0 fully saturated rings. The number of hydrogen-bond acceptors (Lipinski definition) is 2. The molecule has 0 aromatic rings. The Labute approximate surface area is 69.5 Å². The van der Waals surface area contributed by atoms with Crippen LogP contribution in [0.15, 0.2) is 0 Å². The fraction of sp³-hybridized carbons (Fsp3) is 0.857. The molecule has 0 radical (unpaired) electrons. The standard InChI is InChI=1S/C7H12F2OS/c1-6(10)11-4-2-3-7(9)5-8/h7H,2-5H2,1H3. The number of halogens is 2. The minimum Gasteiger partial charge on any atom is -0.288 e. The van der Waals surface area contributed by atoms with Crippen molar-refractivity contribution in [2.24, 2.45) is 0 Å². The molecule has 0 bridgehead atoms. The van der Waals surface area contributed by atoms with E-state index in [0.717, 1.165) is 11.8 Å². The maximum atomic E-state index is 12.2. The monoisotopic (exact) mass is 182 g/mol. The lowest BCUT2D eigenvalue weighted by Crippen LogP contribution is -2.02. The van der Waals surface area contributed by atoms with Crippen molar-refractivity contribution in [3.63, 3.8) is 0 Å². The second-order valence-electron chi connectivity index (χ2n) is 2.23. The normalized spacial score (nSPS) is 13.0. The molecule has 0 aromatic heterocycles. The summed E-state index contributed by atoms with van der Waals surface area (Å²) in [7, 11) is 0. The number of alkyl halides is 2. The van der Waals surface area contributed by atoms with E-state index in [1.807, 2.05) is 0 Å². The number of carbonyl (C=O) groups excluding carboxylic acids is 1. The summed E-state index contributed by atoms with van der Waals surface area (Å²) >= 11 is 1.16. The van der Waals surface area contributed by atoms with Gasteiger partial charge in [-0.05, 0) is 12.8 Å². The Bertz CT molecular complexity index is 119. The molecule has 0 rings (SSSR count). The van der Waals surface area contributed by atoms with Crippen LogP contribution < -0.4 is 0 Å². The van der Waals surface area contributed by atoms with E-state index in [2.05, 4.69) is 0 Å². The van der Waals surface area contributed by atoms with Crippen molar-refractivity contribution in [3.8, 4) is 0 Å². The molecule has 4 heteroatoms. The zero-order valence-electron chi connectivity index (χ0n) is 6.48. The van der Waals surface area contributed by atoms with Crippen LogP contribution in [0.4, 0.5) is 8.78 Å². The minimum atomic E-state index is -1.34. The summed E-state index contributed by atoms with van der Waals surface area (Å²) in [5.41, 5.74) is 0. The van der Waals surface area contributed by atoms with Crippen LogP contribution in [0.25, 0.3) is 0 Å². The smallest absolute Gasteiger partial charge is 0.185 e. The Hall–Kier alpha value is -0.120. The molecular formula is C7H12F2OS. The molecule has 1 unspecified atom stereocenters. The molecule has 0 aliphatic carbocycles. The van der Waals surface area contributed by atoms with Crippen LogP contribution in [0.1, 0.15) is 19.8 Å². The molecule has 0 N–H and O–H groups in total. The second-order valence-corrected chi connectivity index (χ2v) is 3.51. The highest BCUT2D eigenvalue weighted by atomic mass is 32.2. The third kappa shape index (κ3) is 7.78. The summed E-state index contributed by atoms with van der Waals surface area (Å²) in [6.07, 6.45) is -0.561. The van der Waals surface area contributed by atoms with Gasteiger partial charge < -0.3 is 0 Å². The highest BCUT2D eigenvalue weighted by Crippen LogP contribution is 2.09. The van der Waals surface area contributed by atoms with Crippen LogP contribution in [0.2, 0.25) is 0 Å². The Balaban J connectivity index is 3.08. The van der Waals surface area contributed by atoms with Crippen molar-refractivity contribution in [3.05, 3.63) is 0 Å². The molecule has 0 saturated carbocycles. The first-order chi connectivity index (χ1) is 5.16.